The van der Waals surface area contributed by atoms with Crippen LogP contribution in [0.2, 0.25) is 0 Å². The first kappa shape index (κ1) is 20.3. The highest BCUT2D eigenvalue weighted by molar-refractivity contribution is 7.85. The molecule has 1 N–H and O–H groups in total. The van der Waals surface area contributed by atoms with E-state index in [0.29, 0.717) is 5.69 Å². The Kier molecular flexibility index (Phi) is 6.52. The molecular formula is C18H29N3O5S. The molecule has 0 aliphatic heterocycles. The molecule has 1 aromatic rings. The van der Waals surface area contributed by atoms with Crippen molar-refractivity contribution in [2.24, 2.45) is 0 Å². The van der Waals surface area contributed by atoms with Crippen molar-refractivity contribution in [3.05, 3.63) is 21.6 Å². The van der Waals surface area contributed by atoms with E-state index in [9.17, 15) is 18.5 Å². The van der Waals surface area contributed by atoms with Crippen molar-refractivity contribution >= 4 is 15.9 Å². The van der Waals surface area contributed by atoms with Crippen LogP contribution >= 0.6 is 0 Å². The highest BCUT2D eigenvalue weighted by Gasteiger charge is 2.35. The fourth-order valence-corrected chi connectivity index (χ4v) is 5.11. The van der Waals surface area contributed by atoms with E-state index >= 15 is 0 Å². The molecule has 0 aromatic carbocycles. The molecule has 2 saturated carbocycles. The summed E-state index contributed by atoms with van der Waals surface area (Å²) in [5, 5.41) is 11.9. The van der Waals surface area contributed by atoms with Gasteiger partial charge in [0.1, 0.15) is 5.69 Å². The molecule has 2 aliphatic carbocycles. The minimum Gasteiger partial charge on any atom is -0.358 e. The van der Waals surface area contributed by atoms with Crippen molar-refractivity contribution < 1.29 is 17.9 Å². The van der Waals surface area contributed by atoms with Crippen LogP contribution in [0.1, 0.15) is 94.0 Å². The molecule has 2 aliphatic rings. The molecule has 3 rings (SSSR count). The molecule has 9 heteroatoms. The summed E-state index contributed by atoms with van der Waals surface area (Å²) in [6, 6.07) is 0. The van der Waals surface area contributed by atoms with Crippen LogP contribution in [0.5, 0.6) is 0 Å². The average molecular weight is 400 g/mol. The number of aromatic nitrogens is 2. The van der Waals surface area contributed by atoms with E-state index in [2.05, 4.69) is 0 Å². The summed E-state index contributed by atoms with van der Waals surface area (Å²) in [7, 11) is -4.08. The standard InChI is InChI=1S/C18H29N3O5S/c22-21(23)18-16(14-8-3-1-4-9-14)19-17(15-10-5-2-6-11-15)20(18)12-7-13-27(24,25)26/h14-15H,1-13H2,(H,24,25,26). The van der Waals surface area contributed by atoms with Gasteiger partial charge in [-0.3, -0.25) is 4.55 Å². The normalized spacial score (nSPS) is 20.0. The first-order valence-corrected chi connectivity index (χ1v) is 11.7. The zero-order valence-corrected chi connectivity index (χ0v) is 16.5. The Labute approximate surface area is 160 Å². The Hall–Kier alpha value is -1.48. The van der Waals surface area contributed by atoms with E-state index in [-0.39, 0.29) is 35.5 Å². The van der Waals surface area contributed by atoms with Crippen LogP contribution < -0.4 is 0 Å². The largest absolute Gasteiger partial charge is 0.358 e. The lowest BCUT2D eigenvalue weighted by atomic mass is 9.87. The van der Waals surface area contributed by atoms with Crippen molar-refractivity contribution in [2.45, 2.75) is 89.0 Å². The van der Waals surface area contributed by atoms with Crippen LogP contribution in [-0.2, 0) is 16.7 Å². The molecule has 1 aromatic heterocycles. The third kappa shape index (κ3) is 5.07. The Bertz CT molecular complexity index is 762. The quantitative estimate of drug-likeness (QED) is 0.418. The van der Waals surface area contributed by atoms with Crippen molar-refractivity contribution in [3.63, 3.8) is 0 Å². The Morgan fingerprint density at radius 3 is 2.11 bits per heavy atom. The molecule has 0 radical (unpaired) electrons. The zero-order valence-electron chi connectivity index (χ0n) is 15.7. The SMILES string of the molecule is O=[N+]([O-])c1c(C2CCCCC2)nc(C2CCCCC2)n1CCCS(=O)(=O)O. The van der Waals surface area contributed by atoms with Gasteiger partial charge in [-0.2, -0.15) is 8.42 Å². The Morgan fingerprint density at radius 1 is 1.04 bits per heavy atom. The minimum atomic E-state index is -4.08. The molecule has 0 saturated heterocycles. The van der Waals surface area contributed by atoms with Crippen LogP contribution in [0.4, 0.5) is 5.82 Å². The minimum absolute atomic E-state index is 0.0396. The van der Waals surface area contributed by atoms with E-state index in [1.54, 1.807) is 4.57 Å². The zero-order chi connectivity index (χ0) is 19.4. The van der Waals surface area contributed by atoms with Gasteiger partial charge in [0.25, 0.3) is 10.1 Å². The molecule has 1 heterocycles. The van der Waals surface area contributed by atoms with Gasteiger partial charge in [0.2, 0.25) is 0 Å². The lowest BCUT2D eigenvalue weighted by Crippen LogP contribution is -2.16. The van der Waals surface area contributed by atoms with Gasteiger partial charge in [0.15, 0.2) is 5.82 Å². The van der Waals surface area contributed by atoms with Gasteiger partial charge in [0, 0.05) is 18.3 Å². The molecule has 0 atom stereocenters. The number of nitrogens with zero attached hydrogens (tertiary/aromatic N) is 3. The molecular weight excluding hydrogens is 370 g/mol. The van der Waals surface area contributed by atoms with Crippen molar-refractivity contribution in [3.8, 4) is 0 Å². The van der Waals surface area contributed by atoms with Gasteiger partial charge >= 0.3 is 5.82 Å². The fraction of sp³-hybridized carbons (Fsp3) is 0.833. The monoisotopic (exact) mass is 399 g/mol. The van der Waals surface area contributed by atoms with Gasteiger partial charge in [0.05, 0.1) is 12.3 Å². The predicted molar refractivity (Wildman–Crippen MR) is 102 cm³/mol. The van der Waals surface area contributed by atoms with Crippen molar-refractivity contribution in [1.82, 2.24) is 9.55 Å². The number of hydrogen-bond acceptors (Lipinski definition) is 5. The van der Waals surface area contributed by atoms with E-state index < -0.39 is 15.9 Å². The van der Waals surface area contributed by atoms with Gasteiger partial charge in [-0.05, 0) is 30.6 Å². The predicted octanol–water partition coefficient (Wildman–Crippen LogP) is 4.16. The van der Waals surface area contributed by atoms with E-state index in [0.717, 1.165) is 63.6 Å². The number of rotatable bonds is 7. The maximum atomic E-state index is 11.9. The van der Waals surface area contributed by atoms with Gasteiger partial charge in [-0.25, -0.2) is 9.55 Å². The van der Waals surface area contributed by atoms with E-state index in [1.807, 2.05) is 0 Å². The number of hydrogen-bond donors (Lipinski definition) is 1. The summed E-state index contributed by atoms with van der Waals surface area (Å²) in [5.74, 6) is 0.700. The van der Waals surface area contributed by atoms with Crippen LogP contribution in [0.3, 0.4) is 0 Å². The second-order valence-corrected chi connectivity index (χ2v) is 9.47. The second kappa shape index (κ2) is 8.68. The maximum absolute atomic E-state index is 11.9. The fourth-order valence-electron chi connectivity index (χ4n) is 4.62. The smallest absolute Gasteiger partial charge is 0.346 e. The van der Waals surface area contributed by atoms with E-state index in [1.165, 1.54) is 6.42 Å². The third-order valence-corrected chi connectivity index (χ3v) is 6.72. The Balaban J connectivity index is 1.96. The molecule has 0 spiro atoms. The molecule has 27 heavy (non-hydrogen) atoms. The van der Waals surface area contributed by atoms with E-state index in [4.69, 9.17) is 9.54 Å². The van der Waals surface area contributed by atoms with Gasteiger partial charge in [-0.1, -0.05) is 38.5 Å². The number of nitro groups is 1. The summed E-state index contributed by atoms with van der Waals surface area (Å²) in [5.41, 5.74) is 0.590. The Morgan fingerprint density at radius 2 is 1.59 bits per heavy atom. The van der Waals surface area contributed by atoms with Gasteiger partial charge < -0.3 is 10.1 Å². The second-order valence-electron chi connectivity index (χ2n) is 7.90. The lowest BCUT2D eigenvalue weighted by Gasteiger charge is -2.19. The highest BCUT2D eigenvalue weighted by atomic mass is 32.2. The van der Waals surface area contributed by atoms with Crippen LogP contribution in [0.25, 0.3) is 0 Å². The molecule has 0 unspecified atom stereocenters. The maximum Gasteiger partial charge on any atom is 0.346 e. The molecule has 2 fully saturated rings. The van der Waals surface area contributed by atoms with Crippen LogP contribution in [-0.4, -0.2) is 33.2 Å². The first-order chi connectivity index (χ1) is 12.9. The molecule has 0 amide bonds. The lowest BCUT2D eigenvalue weighted by molar-refractivity contribution is -0.393. The summed E-state index contributed by atoms with van der Waals surface area (Å²) in [4.78, 5) is 16.4. The van der Waals surface area contributed by atoms with Gasteiger partial charge in [-0.15, -0.1) is 0 Å². The molecule has 8 nitrogen and oxygen atoms in total. The summed E-state index contributed by atoms with van der Waals surface area (Å²) < 4.78 is 32.8. The average Bonchev–Trinajstić information content (AvgIpc) is 3.02. The van der Waals surface area contributed by atoms with Crippen LogP contribution in [0.15, 0.2) is 0 Å². The topological polar surface area (TPSA) is 115 Å². The molecule has 152 valence electrons. The summed E-state index contributed by atoms with van der Waals surface area (Å²) >= 11 is 0. The summed E-state index contributed by atoms with van der Waals surface area (Å²) in [6.07, 6.45) is 10.6. The number of imidazole rings is 1. The molecule has 0 bridgehead atoms. The van der Waals surface area contributed by atoms with Crippen molar-refractivity contribution in [1.29, 1.82) is 0 Å². The third-order valence-electron chi connectivity index (χ3n) is 5.92. The first-order valence-electron chi connectivity index (χ1n) is 10.1. The summed E-state index contributed by atoms with van der Waals surface area (Å²) in [6.45, 7) is 0.196. The van der Waals surface area contributed by atoms with Crippen molar-refractivity contribution in [2.75, 3.05) is 5.75 Å². The highest BCUT2D eigenvalue weighted by Crippen LogP contribution is 2.41. The van der Waals surface area contributed by atoms with Crippen LogP contribution in [0, 0.1) is 10.1 Å².